The first kappa shape index (κ1) is 14.8. The molecular weight excluding hydrogens is 492 g/mol. The number of nitrogens with zero attached hydrogens (tertiary/aromatic N) is 1. The average Bonchev–Trinajstić information content (AvgIpc) is 2.35. The topological polar surface area (TPSA) is 12.9 Å². The van der Waals surface area contributed by atoms with Crippen molar-refractivity contribution in [3.63, 3.8) is 0 Å². The molecule has 2 aromatic rings. The third-order valence-electron chi connectivity index (χ3n) is 2.55. The van der Waals surface area contributed by atoms with Gasteiger partial charge in [0.15, 0.2) is 0 Å². The number of halogens is 4. The van der Waals surface area contributed by atoms with E-state index in [4.69, 9.17) is 11.6 Å². The Morgan fingerprint density at radius 3 is 2.83 bits per heavy atom. The molecule has 1 aromatic heterocycles. The molecule has 2 rings (SSSR count). The molecule has 5 heteroatoms. The van der Waals surface area contributed by atoms with Gasteiger partial charge in [-0.3, -0.25) is 4.98 Å². The lowest BCUT2D eigenvalue weighted by Crippen LogP contribution is -1.98. The van der Waals surface area contributed by atoms with Gasteiger partial charge in [0.05, 0.1) is 5.02 Å². The zero-order valence-electron chi connectivity index (χ0n) is 9.21. The number of benzene rings is 1. The van der Waals surface area contributed by atoms with Gasteiger partial charge in [0.25, 0.3) is 0 Å². The van der Waals surface area contributed by atoms with Crippen molar-refractivity contribution in [1.29, 1.82) is 0 Å². The molecule has 0 fully saturated rings. The number of hydrogen-bond donors (Lipinski definition) is 0. The average molecular weight is 501 g/mol. The first-order valence-electron chi connectivity index (χ1n) is 5.25. The maximum absolute atomic E-state index is 6.13. The fourth-order valence-electron chi connectivity index (χ4n) is 1.63. The van der Waals surface area contributed by atoms with Crippen LogP contribution in [-0.4, -0.2) is 4.98 Å². The Labute approximate surface area is 142 Å². The summed E-state index contributed by atoms with van der Waals surface area (Å²) in [6.07, 6.45) is 4.28. The van der Waals surface area contributed by atoms with E-state index in [1.54, 1.807) is 12.4 Å². The van der Waals surface area contributed by atoms with Gasteiger partial charge in [0.2, 0.25) is 0 Å². The first-order chi connectivity index (χ1) is 8.58. The minimum absolute atomic E-state index is 0.224. The fraction of sp³-hybridized carbons (Fsp3) is 0.154. The lowest BCUT2D eigenvalue weighted by Gasteiger charge is -2.13. The Bertz CT molecular complexity index is 562. The highest BCUT2D eigenvalue weighted by atomic mass is 127. The van der Waals surface area contributed by atoms with Crippen molar-refractivity contribution in [3.8, 4) is 0 Å². The second-order valence-corrected chi connectivity index (χ2v) is 7.42. The number of hydrogen-bond acceptors (Lipinski definition) is 1. The molecule has 0 saturated heterocycles. The third-order valence-corrected chi connectivity index (χ3v) is 5.10. The molecule has 1 aromatic carbocycles. The molecule has 1 heterocycles. The van der Waals surface area contributed by atoms with Gasteiger partial charge in [-0.1, -0.05) is 43.5 Å². The molecule has 0 aliphatic carbocycles. The zero-order chi connectivity index (χ0) is 13.1. The van der Waals surface area contributed by atoms with Gasteiger partial charge in [-0.2, -0.15) is 0 Å². The Kier molecular flexibility index (Phi) is 5.47. The highest BCUT2D eigenvalue weighted by Crippen LogP contribution is 2.34. The smallest absolute Gasteiger partial charge is 0.0621 e. The monoisotopic (exact) mass is 499 g/mol. The van der Waals surface area contributed by atoms with Crippen molar-refractivity contribution in [2.45, 2.75) is 11.2 Å². The summed E-state index contributed by atoms with van der Waals surface area (Å²) >= 11 is 15.8. The Morgan fingerprint density at radius 2 is 2.11 bits per heavy atom. The summed E-state index contributed by atoms with van der Waals surface area (Å²) in [6.45, 7) is 0. The van der Waals surface area contributed by atoms with Gasteiger partial charge in [-0.25, -0.2) is 0 Å². The van der Waals surface area contributed by atoms with Crippen molar-refractivity contribution in [1.82, 2.24) is 4.98 Å². The van der Waals surface area contributed by atoms with Gasteiger partial charge in [-0.15, -0.1) is 0 Å². The molecule has 1 atom stereocenters. The van der Waals surface area contributed by atoms with Crippen molar-refractivity contribution in [2.75, 3.05) is 0 Å². The number of aromatic nitrogens is 1. The van der Waals surface area contributed by atoms with Gasteiger partial charge in [-0.05, 0) is 64.4 Å². The molecule has 0 radical (unpaired) electrons. The van der Waals surface area contributed by atoms with Crippen LogP contribution in [0.15, 0.2) is 41.1 Å². The minimum atomic E-state index is 0.224. The van der Waals surface area contributed by atoms with Crippen molar-refractivity contribution >= 4 is 66.1 Å². The minimum Gasteiger partial charge on any atom is -0.263 e. The summed E-state index contributed by atoms with van der Waals surface area (Å²) in [5.41, 5.74) is 2.33. The summed E-state index contributed by atoms with van der Waals surface area (Å²) in [7, 11) is 0. The van der Waals surface area contributed by atoms with E-state index in [0.717, 1.165) is 16.5 Å². The molecule has 0 saturated carbocycles. The molecule has 0 aliphatic rings. The molecule has 0 bridgehead atoms. The van der Waals surface area contributed by atoms with E-state index >= 15 is 0 Å². The zero-order valence-corrected chi connectivity index (χ0v) is 15.3. The number of rotatable bonds is 3. The Hall–Kier alpha value is 0.350. The second kappa shape index (κ2) is 6.68. The highest BCUT2D eigenvalue weighted by molar-refractivity contribution is 14.1. The number of pyridine rings is 1. The van der Waals surface area contributed by atoms with Gasteiger partial charge in [0, 0.05) is 25.3 Å². The maximum atomic E-state index is 6.13. The molecule has 0 amide bonds. The fourth-order valence-corrected chi connectivity index (χ4v) is 3.90. The normalized spacial score (nSPS) is 12.4. The van der Waals surface area contributed by atoms with Crippen LogP contribution < -0.4 is 0 Å². The predicted molar refractivity (Wildman–Crippen MR) is 91.5 cm³/mol. The lowest BCUT2D eigenvalue weighted by molar-refractivity contribution is 0.938. The largest absolute Gasteiger partial charge is 0.263 e. The summed E-state index contributed by atoms with van der Waals surface area (Å²) in [5, 5.41) is 0.712. The van der Waals surface area contributed by atoms with E-state index in [0.29, 0.717) is 5.02 Å². The van der Waals surface area contributed by atoms with Crippen LogP contribution in [0.1, 0.15) is 16.0 Å². The maximum Gasteiger partial charge on any atom is 0.0621 e. The van der Waals surface area contributed by atoms with Crippen molar-refractivity contribution in [2.24, 2.45) is 0 Å². The van der Waals surface area contributed by atoms with Crippen LogP contribution in [0.4, 0.5) is 0 Å². The summed E-state index contributed by atoms with van der Waals surface area (Å²) in [5.74, 6) is 0. The molecule has 1 nitrogen and oxygen atoms in total. The van der Waals surface area contributed by atoms with Gasteiger partial charge in [0.1, 0.15) is 0 Å². The van der Waals surface area contributed by atoms with Crippen LogP contribution in [0.5, 0.6) is 0 Å². The van der Waals surface area contributed by atoms with Crippen LogP contribution in [0.3, 0.4) is 0 Å². The van der Waals surface area contributed by atoms with E-state index in [-0.39, 0.29) is 4.83 Å². The third kappa shape index (κ3) is 3.68. The Morgan fingerprint density at radius 1 is 1.33 bits per heavy atom. The predicted octanol–water partition coefficient (Wildman–Crippen LogP) is 5.78. The van der Waals surface area contributed by atoms with Crippen LogP contribution in [0, 0.1) is 3.57 Å². The summed E-state index contributed by atoms with van der Waals surface area (Å²) < 4.78 is 2.33. The SMILES string of the molecule is Clc1cnccc1CC(Br)c1cc(I)ccc1Br. The first-order valence-corrected chi connectivity index (χ1v) is 8.42. The van der Waals surface area contributed by atoms with E-state index in [9.17, 15) is 0 Å². The molecule has 18 heavy (non-hydrogen) atoms. The van der Waals surface area contributed by atoms with E-state index < -0.39 is 0 Å². The number of alkyl halides is 1. The van der Waals surface area contributed by atoms with E-state index in [1.807, 2.05) is 6.07 Å². The lowest BCUT2D eigenvalue weighted by atomic mass is 10.1. The van der Waals surface area contributed by atoms with Crippen molar-refractivity contribution < 1.29 is 0 Å². The molecule has 94 valence electrons. The molecule has 0 N–H and O–H groups in total. The van der Waals surface area contributed by atoms with Gasteiger partial charge < -0.3 is 0 Å². The quantitative estimate of drug-likeness (QED) is 0.384. The van der Waals surface area contributed by atoms with E-state index in [1.165, 1.54) is 9.13 Å². The second-order valence-electron chi connectivity index (χ2n) is 3.80. The summed E-state index contributed by atoms with van der Waals surface area (Å²) in [6, 6.07) is 8.27. The standard InChI is InChI=1S/C13H9Br2ClIN/c14-11-2-1-9(17)6-10(11)12(15)5-8-3-4-18-7-13(8)16/h1-4,6-7,12H,5H2. The highest BCUT2D eigenvalue weighted by Gasteiger charge is 2.14. The molecule has 1 unspecified atom stereocenters. The molecular formula is C13H9Br2ClIN. The van der Waals surface area contributed by atoms with Crippen LogP contribution in [0.25, 0.3) is 0 Å². The summed E-state index contributed by atoms with van der Waals surface area (Å²) in [4.78, 5) is 4.22. The van der Waals surface area contributed by atoms with Crippen LogP contribution in [-0.2, 0) is 6.42 Å². The van der Waals surface area contributed by atoms with E-state index in [2.05, 4.69) is 77.6 Å². The molecule has 0 spiro atoms. The van der Waals surface area contributed by atoms with Crippen LogP contribution in [0.2, 0.25) is 5.02 Å². The molecule has 0 aliphatic heterocycles. The van der Waals surface area contributed by atoms with Gasteiger partial charge >= 0.3 is 0 Å². The van der Waals surface area contributed by atoms with Crippen LogP contribution >= 0.6 is 66.1 Å². The van der Waals surface area contributed by atoms with Crippen molar-refractivity contribution in [3.05, 3.63) is 60.9 Å². The Balaban J connectivity index is 2.25.